The Labute approximate surface area is 111 Å². The molecule has 0 saturated carbocycles. The summed E-state index contributed by atoms with van der Waals surface area (Å²) in [6, 6.07) is 10.0. The van der Waals surface area contributed by atoms with Gasteiger partial charge in [-0.1, -0.05) is 35.5 Å². The number of nitrogens with zero attached hydrogens (tertiary/aromatic N) is 3. The number of benzene rings is 1. The summed E-state index contributed by atoms with van der Waals surface area (Å²) in [6.45, 7) is 1.22. The molecule has 0 radical (unpaired) electrons. The predicted octanol–water partition coefficient (Wildman–Crippen LogP) is 1.78. The highest BCUT2D eigenvalue weighted by Crippen LogP contribution is 2.14. The Morgan fingerprint density at radius 2 is 2.11 bits per heavy atom. The highest BCUT2D eigenvalue weighted by molar-refractivity contribution is 5.77. The van der Waals surface area contributed by atoms with Crippen molar-refractivity contribution in [2.24, 2.45) is 0 Å². The van der Waals surface area contributed by atoms with Crippen LogP contribution in [0.2, 0.25) is 0 Å². The Hall–Kier alpha value is -2.17. The van der Waals surface area contributed by atoms with Crippen LogP contribution in [0.1, 0.15) is 30.1 Å². The van der Waals surface area contributed by atoms with Gasteiger partial charge in [0.25, 0.3) is 0 Å². The van der Waals surface area contributed by atoms with Crippen molar-refractivity contribution < 1.29 is 9.32 Å². The van der Waals surface area contributed by atoms with Crippen LogP contribution in [0.25, 0.3) is 0 Å². The van der Waals surface area contributed by atoms with Crippen molar-refractivity contribution in [3.63, 3.8) is 0 Å². The predicted molar refractivity (Wildman–Crippen MR) is 68.2 cm³/mol. The zero-order chi connectivity index (χ0) is 13.1. The Morgan fingerprint density at radius 1 is 1.26 bits per heavy atom. The first-order valence-electron chi connectivity index (χ1n) is 6.44. The molecule has 5 nitrogen and oxygen atoms in total. The molecule has 0 unspecified atom stereocenters. The summed E-state index contributed by atoms with van der Waals surface area (Å²) in [4.78, 5) is 17.6. The Bertz CT molecular complexity index is 565. The van der Waals surface area contributed by atoms with Gasteiger partial charge >= 0.3 is 0 Å². The van der Waals surface area contributed by atoms with E-state index in [0.29, 0.717) is 31.1 Å². The van der Waals surface area contributed by atoms with Gasteiger partial charge in [0.1, 0.15) is 0 Å². The summed E-state index contributed by atoms with van der Waals surface area (Å²) in [6.07, 6.45) is 2.20. The second-order valence-corrected chi connectivity index (χ2v) is 4.69. The number of rotatable bonds is 4. The van der Waals surface area contributed by atoms with Crippen molar-refractivity contribution in [1.82, 2.24) is 15.0 Å². The highest BCUT2D eigenvalue weighted by atomic mass is 16.5. The summed E-state index contributed by atoms with van der Waals surface area (Å²) >= 11 is 0. The molecule has 1 aliphatic heterocycles. The van der Waals surface area contributed by atoms with Crippen LogP contribution in [0.4, 0.5) is 0 Å². The van der Waals surface area contributed by atoms with Gasteiger partial charge in [0.15, 0.2) is 5.82 Å². The van der Waals surface area contributed by atoms with E-state index in [1.54, 1.807) is 4.90 Å². The quantitative estimate of drug-likeness (QED) is 0.837. The van der Waals surface area contributed by atoms with Crippen molar-refractivity contribution in [2.45, 2.75) is 25.8 Å². The number of hydrogen-bond acceptors (Lipinski definition) is 4. The van der Waals surface area contributed by atoms with Crippen molar-refractivity contribution in [3.8, 4) is 0 Å². The first kappa shape index (κ1) is 11.9. The van der Waals surface area contributed by atoms with Crippen LogP contribution >= 0.6 is 0 Å². The molecule has 0 N–H and O–H groups in total. The van der Waals surface area contributed by atoms with Crippen LogP contribution in [0, 0.1) is 0 Å². The van der Waals surface area contributed by atoms with E-state index in [4.69, 9.17) is 4.52 Å². The monoisotopic (exact) mass is 257 g/mol. The average molecular weight is 257 g/mol. The van der Waals surface area contributed by atoms with E-state index in [0.717, 1.165) is 18.5 Å². The number of likely N-dealkylation sites (tertiary alicyclic amines) is 1. The van der Waals surface area contributed by atoms with Gasteiger partial charge in [-0.15, -0.1) is 0 Å². The molecular formula is C14H15N3O2. The van der Waals surface area contributed by atoms with Gasteiger partial charge in [-0.25, -0.2) is 0 Å². The van der Waals surface area contributed by atoms with Crippen LogP contribution in [-0.4, -0.2) is 27.5 Å². The SMILES string of the molecule is O=C1CCCN1Cc1nc(Cc2ccccc2)no1. The molecule has 0 atom stereocenters. The topological polar surface area (TPSA) is 59.2 Å². The molecule has 0 aliphatic carbocycles. The van der Waals surface area contributed by atoms with Gasteiger partial charge in [-0.05, 0) is 12.0 Å². The smallest absolute Gasteiger partial charge is 0.246 e. The lowest BCUT2D eigenvalue weighted by molar-refractivity contribution is -0.128. The molecule has 1 aliphatic rings. The molecular weight excluding hydrogens is 242 g/mol. The van der Waals surface area contributed by atoms with E-state index in [-0.39, 0.29) is 5.91 Å². The van der Waals surface area contributed by atoms with Crippen molar-refractivity contribution in [1.29, 1.82) is 0 Å². The van der Waals surface area contributed by atoms with Crippen LogP contribution in [-0.2, 0) is 17.8 Å². The van der Waals surface area contributed by atoms with E-state index in [9.17, 15) is 4.79 Å². The molecule has 5 heteroatoms. The first-order chi connectivity index (χ1) is 9.31. The minimum atomic E-state index is 0.169. The maximum Gasteiger partial charge on any atom is 0.246 e. The van der Waals surface area contributed by atoms with E-state index in [1.807, 2.05) is 30.3 Å². The lowest BCUT2D eigenvalue weighted by Gasteiger charge is -2.11. The number of amides is 1. The van der Waals surface area contributed by atoms with Crippen molar-refractivity contribution in [2.75, 3.05) is 6.54 Å². The third-order valence-electron chi connectivity index (χ3n) is 3.21. The average Bonchev–Trinajstić information content (AvgIpc) is 3.02. The molecule has 1 amide bonds. The lowest BCUT2D eigenvalue weighted by atomic mass is 10.1. The molecule has 98 valence electrons. The Kier molecular flexibility index (Phi) is 3.27. The lowest BCUT2D eigenvalue weighted by Crippen LogP contribution is -2.23. The molecule has 0 spiro atoms. The second-order valence-electron chi connectivity index (χ2n) is 4.69. The number of aromatic nitrogens is 2. The van der Waals surface area contributed by atoms with Gasteiger partial charge in [0.2, 0.25) is 11.8 Å². The van der Waals surface area contributed by atoms with Gasteiger partial charge in [0, 0.05) is 19.4 Å². The van der Waals surface area contributed by atoms with Crippen LogP contribution < -0.4 is 0 Å². The van der Waals surface area contributed by atoms with Gasteiger partial charge < -0.3 is 9.42 Å². The molecule has 1 aromatic carbocycles. The van der Waals surface area contributed by atoms with Crippen LogP contribution in [0.15, 0.2) is 34.9 Å². The second kappa shape index (κ2) is 5.22. The van der Waals surface area contributed by atoms with E-state index in [2.05, 4.69) is 10.1 Å². The first-order valence-corrected chi connectivity index (χ1v) is 6.44. The molecule has 2 aromatic rings. The Morgan fingerprint density at radius 3 is 2.84 bits per heavy atom. The highest BCUT2D eigenvalue weighted by Gasteiger charge is 2.22. The molecule has 19 heavy (non-hydrogen) atoms. The zero-order valence-electron chi connectivity index (χ0n) is 10.6. The fourth-order valence-corrected chi connectivity index (χ4v) is 2.24. The normalized spacial score (nSPS) is 15.2. The van der Waals surface area contributed by atoms with Crippen molar-refractivity contribution >= 4 is 5.91 Å². The minimum absolute atomic E-state index is 0.169. The number of carbonyl (C=O) groups excluding carboxylic acids is 1. The molecule has 1 fully saturated rings. The third-order valence-corrected chi connectivity index (χ3v) is 3.21. The molecule has 1 aromatic heterocycles. The van der Waals surface area contributed by atoms with Gasteiger partial charge in [0.05, 0.1) is 6.54 Å². The van der Waals surface area contributed by atoms with E-state index in [1.165, 1.54) is 0 Å². The third kappa shape index (κ3) is 2.81. The summed E-state index contributed by atoms with van der Waals surface area (Å²) in [5.74, 6) is 1.34. The number of hydrogen-bond donors (Lipinski definition) is 0. The molecule has 0 bridgehead atoms. The summed E-state index contributed by atoms with van der Waals surface area (Å²) in [5.41, 5.74) is 1.15. The molecule has 2 heterocycles. The van der Waals surface area contributed by atoms with Crippen molar-refractivity contribution in [3.05, 3.63) is 47.6 Å². The maximum absolute atomic E-state index is 11.5. The van der Waals surface area contributed by atoms with E-state index < -0.39 is 0 Å². The van der Waals surface area contributed by atoms with Gasteiger partial charge in [-0.3, -0.25) is 4.79 Å². The fourth-order valence-electron chi connectivity index (χ4n) is 2.24. The summed E-state index contributed by atoms with van der Waals surface area (Å²) in [5, 5.41) is 3.95. The largest absolute Gasteiger partial charge is 0.337 e. The fraction of sp³-hybridized carbons (Fsp3) is 0.357. The summed E-state index contributed by atoms with van der Waals surface area (Å²) in [7, 11) is 0. The zero-order valence-corrected chi connectivity index (χ0v) is 10.6. The van der Waals surface area contributed by atoms with Crippen LogP contribution in [0.5, 0.6) is 0 Å². The molecule has 1 saturated heterocycles. The standard InChI is InChI=1S/C14H15N3O2/c18-14-7-4-8-17(14)10-13-15-12(16-19-13)9-11-5-2-1-3-6-11/h1-3,5-6H,4,7-10H2. The van der Waals surface area contributed by atoms with Crippen LogP contribution in [0.3, 0.4) is 0 Å². The van der Waals surface area contributed by atoms with Gasteiger partial charge in [-0.2, -0.15) is 4.98 Å². The Balaban J connectivity index is 1.65. The molecule has 3 rings (SSSR count). The minimum Gasteiger partial charge on any atom is -0.337 e. The summed E-state index contributed by atoms with van der Waals surface area (Å²) < 4.78 is 5.19. The maximum atomic E-state index is 11.5. The number of carbonyl (C=O) groups is 1. The van der Waals surface area contributed by atoms with E-state index >= 15 is 0 Å².